The third kappa shape index (κ3) is 6.95. The summed E-state index contributed by atoms with van der Waals surface area (Å²) >= 11 is 0. The van der Waals surface area contributed by atoms with Crippen molar-refractivity contribution in [3.05, 3.63) is 279 Å². The molecule has 336 valence electrons. The summed E-state index contributed by atoms with van der Waals surface area (Å²) in [6.07, 6.45) is 0. The Morgan fingerprint density at radius 2 is 0.778 bits per heavy atom. The normalized spacial score (nSPS) is 11.6. The lowest BCUT2D eigenvalue weighted by atomic mass is 9.92. The molecule has 0 N–H and O–H groups in total. The van der Waals surface area contributed by atoms with E-state index in [9.17, 15) is 0 Å². The van der Waals surface area contributed by atoms with Crippen molar-refractivity contribution in [3.8, 4) is 50.2 Å². The van der Waals surface area contributed by atoms with Gasteiger partial charge in [-0.25, -0.2) is 0 Å². The minimum atomic E-state index is 1.07. The smallest absolute Gasteiger partial charge is 0.0547 e. The summed E-state index contributed by atoms with van der Waals surface area (Å²) < 4.78 is 2.49. The van der Waals surface area contributed by atoms with Gasteiger partial charge < -0.3 is 9.47 Å². The van der Waals surface area contributed by atoms with E-state index in [1.54, 1.807) is 0 Å². The number of fused-ring (bicyclic) bond motifs is 7. The van der Waals surface area contributed by atoms with Gasteiger partial charge in [-0.3, -0.25) is 0 Å². The molecule has 0 radical (unpaired) electrons. The molecule has 0 aliphatic carbocycles. The maximum atomic E-state index is 2.49. The predicted molar refractivity (Wildman–Crippen MR) is 307 cm³/mol. The fourth-order valence-electron chi connectivity index (χ4n) is 11.4. The molecule has 0 aliphatic rings. The summed E-state index contributed by atoms with van der Waals surface area (Å²) in [7, 11) is 0. The van der Waals surface area contributed by atoms with Crippen molar-refractivity contribution in [2.75, 3.05) is 4.90 Å². The SMILES string of the molecule is c1ccc(-c2ccc(-c3ccc(N(c4cccc(-c5cccc6ccccc56)c4)c4ccc(-c5cccc6ccccc56)c5ccccc45)cc3)c(-n3c4ccccc4c4cc5ccccc5cc43)c2)cc1. The number of anilines is 3. The first-order chi connectivity index (χ1) is 35.7. The molecule has 2 nitrogen and oxygen atoms in total. The highest BCUT2D eigenvalue weighted by atomic mass is 15.1. The Labute approximate surface area is 418 Å². The van der Waals surface area contributed by atoms with Crippen molar-refractivity contribution < 1.29 is 0 Å². The van der Waals surface area contributed by atoms with E-state index < -0.39 is 0 Å². The van der Waals surface area contributed by atoms with E-state index >= 15 is 0 Å². The van der Waals surface area contributed by atoms with E-state index in [0.29, 0.717) is 0 Å². The van der Waals surface area contributed by atoms with Gasteiger partial charge in [-0.1, -0.05) is 224 Å². The third-order valence-corrected chi connectivity index (χ3v) is 14.7. The highest BCUT2D eigenvalue weighted by molar-refractivity contribution is 6.15. The number of para-hydroxylation sites is 1. The molecule has 0 amide bonds. The van der Waals surface area contributed by atoms with Crippen LogP contribution in [0, 0.1) is 0 Å². The van der Waals surface area contributed by atoms with Crippen LogP contribution in [-0.2, 0) is 0 Å². The molecule has 2 heteroatoms. The fourth-order valence-corrected chi connectivity index (χ4v) is 11.4. The number of rotatable bonds is 8. The number of benzene rings is 13. The maximum absolute atomic E-state index is 2.49. The predicted octanol–water partition coefficient (Wildman–Crippen LogP) is 19.5. The van der Waals surface area contributed by atoms with E-state index in [1.165, 1.54) is 98.3 Å². The molecule has 14 aromatic rings. The summed E-state index contributed by atoms with van der Waals surface area (Å²) in [5, 5.41) is 12.3. The van der Waals surface area contributed by atoms with Crippen molar-refractivity contribution in [2.45, 2.75) is 0 Å². The topological polar surface area (TPSA) is 8.17 Å². The lowest BCUT2D eigenvalue weighted by molar-refractivity contribution is 1.18. The van der Waals surface area contributed by atoms with Gasteiger partial charge in [0.15, 0.2) is 0 Å². The lowest BCUT2D eigenvalue weighted by Crippen LogP contribution is -2.11. The molecule has 1 aromatic heterocycles. The fraction of sp³-hybridized carbons (Fsp3) is 0. The molecule has 0 fully saturated rings. The molecular formula is C70H46N2. The molecule has 0 saturated heterocycles. The molecule has 13 aromatic carbocycles. The number of aromatic nitrogens is 1. The zero-order valence-electron chi connectivity index (χ0n) is 39.5. The van der Waals surface area contributed by atoms with Crippen LogP contribution < -0.4 is 4.90 Å². The largest absolute Gasteiger partial charge is 0.310 e. The Morgan fingerprint density at radius 1 is 0.236 bits per heavy atom. The van der Waals surface area contributed by atoms with Gasteiger partial charge in [0.1, 0.15) is 0 Å². The summed E-state index contributed by atoms with van der Waals surface area (Å²) in [4.78, 5) is 2.45. The van der Waals surface area contributed by atoms with Gasteiger partial charge in [0, 0.05) is 33.1 Å². The zero-order chi connectivity index (χ0) is 47.5. The molecule has 0 saturated carbocycles. The summed E-state index contributed by atoms with van der Waals surface area (Å²) in [6.45, 7) is 0. The molecular weight excluding hydrogens is 869 g/mol. The van der Waals surface area contributed by atoms with E-state index in [-0.39, 0.29) is 0 Å². The van der Waals surface area contributed by atoms with E-state index in [4.69, 9.17) is 0 Å². The van der Waals surface area contributed by atoms with E-state index in [1.807, 2.05) is 0 Å². The van der Waals surface area contributed by atoms with Crippen LogP contribution in [0.25, 0.3) is 115 Å². The van der Waals surface area contributed by atoms with Gasteiger partial charge in [-0.2, -0.15) is 0 Å². The maximum Gasteiger partial charge on any atom is 0.0547 e. The molecule has 14 rings (SSSR count). The second-order valence-electron chi connectivity index (χ2n) is 18.8. The highest BCUT2D eigenvalue weighted by Crippen LogP contribution is 2.46. The Kier molecular flexibility index (Phi) is 9.89. The molecule has 0 atom stereocenters. The molecule has 0 spiro atoms. The number of hydrogen-bond acceptors (Lipinski definition) is 1. The van der Waals surface area contributed by atoms with Gasteiger partial charge in [0.05, 0.1) is 22.4 Å². The summed E-state index contributed by atoms with van der Waals surface area (Å²) in [5.74, 6) is 0. The second kappa shape index (κ2) is 17.2. The van der Waals surface area contributed by atoms with Crippen molar-refractivity contribution in [2.24, 2.45) is 0 Å². The van der Waals surface area contributed by atoms with Crippen LogP contribution in [0.3, 0.4) is 0 Å². The monoisotopic (exact) mass is 914 g/mol. The summed E-state index contributed by atoms with van der Waals surface area (Å²) in [5.41, 5.74) is 16.3. The van der Waals surface area contributed by atoms with Crippen LogP contribution in [0.1, 0.15) is 0 Å². The molecule has 72 heavy (non-hydrogen) atoms. The van der Waals surface area contributed by atoms with Crippen LogP contribution in [0.4, 0.5) is 17.1 Å². The molecule has 0 aliphatic heterocycles. The van der Waals surface area contributed by atoms with Crippen molar-refractivity contribution in [1.29, 1.82) is 0 Å². The minimum Gasteiger partial charge on any atom is -0.310 e. The van der Waals surface area contributed by atoms with Crippen LogP contribution in [0.15, 0.2) is 279 Å². The molecule has 0 bridgehead atoms. The zero-order valence-corrected chi connectivity index (χ0v) is 39.5. The van der Waals surface area contributed by atoms with Crippen molar-refractivity contribution in [1.82, 2.24) is 4.57 Å². The van der Waals surface area contributed by atoms with Crippen molar-refractivity contribution >= 4 is 82.0 Å². The van der Waals surface area contributed by atoms with Gasteiger partial charge in [-0.05, 0) is 131 Å². The van der Waals surface area contributed by atoms with Crippen LogP contribution in [0.2, 0.25) is 0 Å². The van der Waals surface area contributed by atoms with Crippen LogP contribution >= 0.6 is 0 Å². The van der Waals surface area contributed by atoms with E-state index in [0.717, 1.165) is 33.9 Å². The van der Waals surface area contributed by atoms with Crippen molar-refractivity contribution in [3.63, 3.8) is 0 Å². The average Bonchev–Trinajstić information content (AvgIpc) is 3.77. The first-order valence-electron chi connectivity index (χ1n) is 24.8. The Morgan fingerprint density at radius 3 is 1.54 bits per heavy atom. The van der Waals surface area contributed by atoms with Gasteiger partial charge >= 0.3 is 0 Å². The Bertz CT molecular complexity index is 4380. The Balaban J connectivity index is 0.969. The highest BCUT2D eigenvalue weighted by Gasteiger charge is 2.22. The first-order valence-corrected chi connectivity index (χ1v) is 24.8. The second-order valence-corrected chi connectivity index (χ2v) is 18.8. The third-order valence-electron chi connectivity index (χ3n) is 14.7. The molecule has 0 unspecified atom stereocenters. The van der Waals surface area contributed by atoms with Gasteiger partial charge in [-0.15, -0.1) is 0 Å². The van der Waals surface area contributed by atoms with Gasteiger partial charge in [0.2, 0.25) is 0 Å². The quantitative estimate of drug-likeness (QED) is 0.147. The minimum absolute atomic E-state index is 1.07. The standard InChI is InChI=1S/C70H46N2/c1-2-17-47(18-3-1)53-37-40-60(69(46-53)72-67-34-13-12-31-65(67)66-44-51-21-4-5-22-52(51)45-70(66)72)50-35-38-55(39-36-50)71(56-26-14-25-54(43-56)59-32-15-23-48-19-6-8-27-57(48)59)68-42-41-63(62-29-10-11-30-64(62)68)61-33-16-24-49-20-7-9-28-58(49)61/h1-46H. The first kappa shape index (κ1) is 41.5. The summed E-state index contributed by atoms with van der Waals surface area (Å²) in [6, 6.07) is 102. The molecule has 1 heterocycles. The number of nitrogens with zero attached hydrogens (tertiary/aromatic N) is 2. The van der Waals surface area contributed by atoms with Crippen LogP contribution in [-0.4, -0.2) is 4.57 Å². The average molecular weight is 915 g/mol. The Hall–Kier alpha value is -9.50. The van der Waals surface area contributed by atoms with Crippen LogP contribution in [0.5, 0.6) is 0 Å². The number of hydrogen-bond donors (Lipinski definition) is 0. The van der Waals surface area contributed by atoms with Gasteiger partial charge in [0.25, 0.3) is 0 Å². The van der Waals surface area contributed by atoms with E-state index in [2.05, 4.69) is 289 Å². The lowest BCUT2D eigenvalue weighted by Gasteiger charge is -2.28.